The Bertz CT molecular complexity index is 130. The summed E-state index contributed by atoms with van der Waals surface area (Å²) in [4.78, 5) is 2.62. The summed E-state index contributed by atoms with van der Waals surface area (Å²) in [6.45, 7) is 5.90. The van der Waals surface area contributed by atoms with Crippen LogP contribution in [0.15, 0.2) is 0 Å². The van der Waals surface area contributed by atoms with Gasteiger partial charge >= 0.3 is 0 Å². The van der Waals surface area contributed by atoms with Crippen LogP contribution in [0.25, 0.3) is 0 Å². The molecule has 0 saturated carbocycles. The lowest BCUT2D eigenvalue weighted by Gasteiger charge is -2.29. The first-order chi connectivity index (χ1) is 6.95. The van der Waals surface area contributed by atoms with E-state index in [2.05, 4.69) is 11.3 Å². The summed E-state index contributed by atoms with van der Waals surface area (Å²) in [6, 6.07) is 0. The second-order valence-electron chi connectivity index (χ2n) is 4.55. The third kappa shape index (κ3) is 3.25. The highest BCUT2D eigenvalue weighted by Gasteiger charge is 2.16. The molecule has 2 fully saturated rings. The maximum atomic E-state index is 5.37. The van der Waals surface area contributed by atoms with Gasteiger partial charge in [-0.15, -0.1) is 0 Å². The molecule has 0 unspecified atom stereocenters. The molecule has 2 heteroatoms. The van der Waals surface area contributed by atoms with Crippen molar-refractivity contribution in [2.45, 2.75) is 32.1 Å². The van der Waals surface area contributed by atoms with Crippen molar-refractivity contribution < 1.29 is 4.74 Å². The van der Waals surface area contributed by atoms with Crippen molar-refractivity contribution in [2.75, 3.05) is 32.8 Å². The predicted octanol–water partition coefficient (Wildman–Crippen LogP) is 2.10. The molecular weight excluding hydrogens is 174 g/mol. The number of rotatable bonds is 3. The van der Waals surface area contributed by atoms with Gasteiger partial charge in [-0.25, -0.2) is 0 Å². The van der Waals surface area contributed by atoms with E-state index in [9.17, 15) is 0 Å². The molecule has 81 valence electrons. The Kier molecular flexibility index (Phi) is 4.26. The smallest absolute Gasteiger partial charge is 0.0468 e. The summed E-state index contributed by atoms with van der Waals surface area (Å²) < 4.78 is 5.37. The van der Waals surface area contributed by atoms with Gasteiger partial charge in [-0.1, -0.05) is 0 Å². The van der Waals surface area contributed by atoms with Crippen molar-refractivity contribution in [1.82, 2.24) is 4.90 Å². The van der Waals surface area contributed by atoms with Crippen LogP contribution >= 0.6 is 0 Å². The van der Waals surface area contributed by atoms with Crippen molar-refractivity contribution in [2.24, 2.45) is 5.92 Å². The summed E-state index contributed by atoms with van der Waals surface area (Å²) in [5.41, 5.74) is 0. The third-order valence-corrected chi connectivity index (χ3v) is 3.49. The standard InChI is InChI=1S/C12H22NO/c1-2-7-13(8-3-1)9-4-12-5-10-14-11-6-12/h1,12H,2-11H2. The van der Waals surface area contributed by atoms with Gasteiger partial charge in [0.05, 0.1) is 0 Å². The van der Waals surface area contributed by atoms with E-state index in [1.807, 2.05) is 0 Å². The molecule has 2 aliphatic heterocycles. The van der Waals surface area contributed by atoms with Crippen molar-refractivity contribution in [3.05, 3.63) is 6.42 Å². The molecule has 0 bridgehead atoms. The second-order valence-corrected chi connectivity index (χ2v) is 4.55. The number of hydrogen-bond acceptors (Lipinski definition) is 2. The fraction of sp³-hybridized carbons (Fsp3) is 0.917. The van der Waals surface area contributed by atoms with Gasteiger partial charge in [0.1, 0.15) is 0 Å². The van der Waals surface area contributed by atoms with Crippen LogP contribution in [0.4, 0.5) is 0 Å². The summed E-state index contributed by atoms with van der Waals surface area (Å²) in [5, 5.41) is 0. The topological polar surface area (TPSA) is 12.5 Å². The van der Waals surface area contributed by atoms with Crippen molar-refractivity contribution >= 4 is 0 Å². The highest BCUT2D eigenvalue weighted by molar-refractivity contribution is 4.77. The van der Waals surface area contributed by atoms with E-state index in [0.717, 1.165) is 19.1 Å². The Morgan fingerprint density at radius 1 is 1.14 bits per heavy atom. The molecule has 2 aliphatic rings. The lowest BCUT2D eigenvalue weighted by atomic mass is 9.96. The molecule has 2 rings (SSSR count). The zero-order valence-corrected chi connectivity index (χ0v) is 9.08. The van der Waals surface area contributed by atoms with Gasteiger partial charge in [0.2, 0.25) is 0 Å². The molecule has 2 heterocycles. The van der Waals surface area contributed by atoms with Crippen LogP contribution in [0.1, 0.15) is 32.1 Å². The minimum atomic E-state index is 0.939. The molecule has 0 aliphatic carbocycles. The van der Waals surface area contributed by atoms with Crippen LogP contribution in [0.2, 0.25) is 0 Å². The van der Waals surface area contributed by atoms with E-state index in [1.165, 1.54) is 51.7 Å². The molecule has 2 saturated heterocycles. The number of nitrogens with zero attached hydrogens (tertiary/aromatic N) is 1. The zero-order valence-electron chi connectivity index (χ0n) is 9.08. The minimum absolute atomic E-state index is 0.939. The maximum Gasteiger partial charge on any atom is 0.0468 e. The Hall–Kier alpha value is -0.0800. The first-order valence-electron chi connectivity index (χ1n) is 6.07. The number of likely N-dealkylation sites (tertiary alicyclic amines) is 1. The largest absolute Gasteiger partial charge is 0.381 e. The van der Waals surface area contributed by atoms with E-state index in [-0.39, 0.29) is 0 Å². The Morgan fingerprint density at radius 3 is 2.57 bits per heavy atom. The van der Waals surface area contributed by atoms with Gasteiger partial charge in [-0.2, -0.15) is 0 Å². The Balaban J connectivity index is 1.60. The van der Waals surface area contributed by atoms with E-state index in [4.69, 9.17) is 4.74 Å². The highest BCUT2D eigenvalue weighted by Crippen LogP contribution is 2.19. The number of hydrogen-bond donors (Lipinski definition) is 0. The normalized spacial score (nSPS) is 26.6. The zero-order chi connectivity index (χ0) is 9.64. The molecular formula is C12H22NO. The number of piperidine rings is 1. The van der Waals surface area contributed by atoms with E-state index in [0.29, 0.717) is 0 Å². The van der Waals surface area contributed by atoms with Crippen molar-refractivity contribution in [3.8, 4) is 0 Å². The first kappa shape index (κ1) is 10.4. The van der Waals surface area contributed by atoms with Gasteiger partial charge in [0, 0.05) is 13.2 Å². The molecule has 14 heavy (non-hydrogen) atoms. The van der Waals surface area contributed by atoms with E-state index < -0.39 is 0 Å². The van der Waals surface area contributed by atoms with Gasteiger partial charge < -0.3 is 9.64 Å². The molecule has 1 radical (unpaired) electrons. The van der Waals surface area contributed by atoms with Gasteiger partial charge in [0.15, 0.2) is 0 Å². The molecule has 0 amide bonds. The molecule has 2 nitrogen and oxygen atoms in total. The maximum absolute atomic E-state index is 5.37. The number of ether oxygens (including phenoxy) is 1. The van der Waals surface area contributed by atoms with Gasteiger partial charge in [0.25, 0.3) is 0 Å². The molecule has 0 atom stereocenters. The molecule has 0 spiro atoms. The Labute approximate surface area is 87.6 Å². The minimum Gasteiger partial charge on any atom is -0.381 e. The summed E-state index contributed by atoms with van der Waals surface area (Å²) in [7, 11) is 0. The quantitative estimate of drug-likeness (QED) is 0.685. The average Bonchev–Trinajstić information content (AvgIpc) is 2.29. The third-order valence-electron chi connectivity index (χ3n) is 3.49. The molecule has 0 N–H and O–H groups in total. The van der Waals surface area contributed by atoms with Crippen molar-refractivity contribution in [3.63, 3.8) is 0 Å². The van der Waals surface area contributed by atoms with Crippen LogP contribution in [0.3, 0.4) is 0 Å². The van der Waals surface area contributed by atoms with E-state index >= 15 is 0 Å². The summed E-state index contributed by atoms with van der Waals surface area (Å²) in [5.74, 6) is 0.939. The monoisotopic (exact) mass is 196 g/mol. The molecule has 0 aromatic heterocycles. The van der Waals surface area contributed by atoms with Gasteiger partial charge in [-0.3, -0.25) is 0 Å². The fourth-order valence-electron chi connectivity index (χ4n) is 2.43. The highest BCUT2D eigenvalue weighted by atomic mass is 16.5. The van der Waals surface area contributed by atoms with Crippen LogP contribution in [-0.4, -0.2) is 37.7 Å². The first-order valence-corrected chi connectivity index (χ1v) is 6.07. The lowest BCUT2D eigenvalue weighted by molar-refractivity contribution is 0.0597. The van der Waals surface area contributed by atoms with Crippen LogP contribution in [0.5, 0.6) is 0 Å². The van der Waals surface area contributed by atoms with Crippen LogP contribution < -0.4 is 0 Å². The van der Waals surface area contributed by atoms with E-state index in [1.54, 1.807) is 0 Å². The summed E-state index contributed by atoms with van der Waals surface area (Å²) >= 11 is 0. The average molecular weight is 196 g/mol. The lowest BCUT2D eigenvalue weighted by Crippen LogP contribution is -2.32. The molecule has 0 aromatic rings. The SMILES string of the molecule is [CH]1CCN(CCC2CCOCC2)CC1. The molecule has 0 aromatic carbocycles. The van der Waals surface area contributed by atoms with Crippen molar-refractivity contribution in [1.29, 1.82) is 0 Å². The second kappa shape index (κ2) is 5.72. The summed E-state index contributed by atoms with van der Waals surface area (Å²) in [6.07, 6.45) is 9.00. The Morgan fingerprint density at radius 2 is 1.86 bits per heavy atom. The van der Waals surface area contributed by atoms with Gasteiger partial charge in [-0.05, 0) is 64.1 Å². The van der Waals surface area contributed by atoms with Crippen LogP contribution in [-0.2, 0) is 4.74 Å². The fourth-order valence-corrected chi connectivity index (χ4v) is 2.43. The van der Waals surface area contributed by atoms with Crippen LogP contribution in [0, 0.1) is 12.3 Å². The predicted molar refractivity (Wildman–Crippen MR) is 58.1 cm³/mol.